The van der Waals surface area contributed by atoms with E-state index < -0.39 is 0 Å². The molecule has 0 spiro atoms. The van der Waals surface area contributed by atoms with Crippen LogP contribution in [0.2, 0.25) is 0 Å². The number of ether oxygens (including phenoxy) is 1. The zero-order chi connectivity index (χ0) is 10.2. The molecule has 76 valence electrons. The number of methoxy groups -OCH3 is 1. The van der Waals surface area contributed by atoms with Gasteiger partial charge in [-0.05, 0) is 19.8 Å². The molecule has 0 bridgehead atoms. The molecule has 2 N–H and O–H groups in total. The molecule has 14 heavy (non-hydrogen) atoms. The Bertz CT molecular complexity index is 347. The molecule has 1 aromatic heterocycles. The molecule has 4 nitrogen and oxygen atoms in total. The first-order chi connectivity index (χ1) is 6.73. The molecular weight excluding hydrogens is 178 g/mol. The van der Waals surface area contributed by atoms with Crippen molar-refractivity contribution in [1.82, 2.24) is 9.97 Å². The Morgan fingerprint density at radius 2 is 2.21 bits per heavy atom. The number of aromatic nitrogens is 2. The Kier molecular flexibility index (Phi) is 2.15. The second-order valence-electron chi connectivity index (χ2n) is 3.84. The van der Waals surface area contributed by atoms with Crippen LogP contribution in [0.25, 0.3) is 0 Å². The summed E-state index contributed by atoms with van der Waals surface area (Å²) in [5, 5.41) is 0. The van der Waals surface area contributed by atoms with E-state index >= 15 is 0 Å². The first-order valence-corrected chi connectivity index (χ1v) is 4.79. The van der Waals surface area contributed by atoms with Crippen LogP contribution in [0.5, 0.6) is 5.88 Å². The summed E-state index contributed by atoms with van der Waals surface area (Å²) in [5.41, 5.74) is 7.96. The van der Waals surface area contributed by atoms with Crippen LogP contribution in [0, 0.1) is 6.92 Å². The van der Waals surface area contributed by atoms with E-state index in [4.69, 9.17) is 10.5 Å². The van der Waals surface area contributed by atoms with Crippen LogP contribution >= 0.6 is 0 Å². The fourth-order valence-electron chi connectivity index (χ4n) is 1.86. The summed E-state index contributed by atoms with van der Waals surface area (Å²) >= 11 is 0. The van der Waals surface area contributed by atoms with Gasteiger partial charge in [0, 0.05) is 17.5 Å². The van der Waals surface area contributed by atoms with Gasteiger partial charge in [0.05, 0.1) is 12.8 Å². The first-order valence-electron chi connectivity index (χ1n) is 4.79. The van der Waals surface area contributed by atoms with Crippen molar-refractivity contribution in [2.75, 3.05) is 13.7 Å². The van der Waals surface area contributed by atoms with E-state index in [0.29, 0.717) is 12.4 Å². The van der Waals surface area contributed by atoms with Gasteiger partial charge in [-0.15, -0.1) is 0 Å². The van der Waals surface area contributed by atoms with Crippen LogP contribution < -0.4 is 10.5 Å². The van der Waals surface area contributed by atoms with Gasteiger partial charge in [0.2, 0.25) is 5.88 Å². The van der Waals surface area contributed by atoms with E-state index in [-0.39, 0.29) is 5.41 Å². The summed E-state index contributed by atoms with van der Waals surface area (Å²) in [4.78, 5) is 8.38. The molecule has 1 heterocycles. The molecule has 0 amide bonds. The predicted octanol–water partition coefficient (Wildman–Crippen LogP) is 0.784. The van der Waals surface area contributed by atoms with Crippen LogP contribution in [0.4, 0.5) is 0 Å². The van der Waals surface area contributed by atoms with Crippen LogP contribution in [-0.2, 0) is 5.41 Å². The molecular formula is C10H15N3O. The Morgan fingerprint density at radius 3 is 2.71 bits per heavy atom. The van der Waals surface area contributed by atoms with E-state index in [0.717, 1.165) is 24.1 Å². The van der Waals surface area contributed by atoms with Gasteiger partial charge >= 0.3 is 0 Å². The summed E-state index contributed by atoms with van der Waals surface area (Å²) in [6, 6.07) is 0. The van der Waals surface area contributed by atoms with Gasteiger partial charge in [0.25, 0.3) is 0 Å². The number of nitrogens with zero attached hydrogens (tertiary/aromatic N) is 2. The SMILES string of the molecule is COc1ncnc(C2(CN)CC2)c1C. The molecule has 0 radical (unpaired) electrons. The normalized spacial score (nSPS) is 17.9. The summed E-state index contributed by atoms with van der Waals surface area (Å²) in [5.74, 6) is 0.662. The first kappa shape index (κ1) is 9.40. The third kappa shape index (κ3) is 1.26. The van der Waals surface area contributed by atoms with Crippen molar-refractivity contribution in [2.24, 2.45) is 5.73 Å². The summed E-state index contributed by atoms with van der Waals surface area (Å²) in [7, 11) is 1.63. The summed E-state index contributed by atoms with van der Waals surface area (Å²) in [6.07, 6.45) is 3.81. The third-order valence-corrected chi connectivity index (χ3v) is 2.98. The van der Waals surface area contributed by atoms with Crippen molar-refractivity contribution >= 4 is 0 Å². The van der Waals surface area contributed by atoms with Crippen molar-refractivity contribution in [3.63, 3.8) is 0 Å². The van der Waals surface area contributed by atoms with Crippen LogP contribution in [0.3, 0.4) is 0 Å². The average molecular weight is 193 g/mol. The minimum atomic E-state index is 0.111. The van der Waals surface area contributed by atoms with Gasteiger partial charge in [0.1, 0.15) is 6.33 Å². The molecule has 4 heteroatoms. The van der Waals surface area contributed by atoms with Gasteiger partial charge < -0.3 is 10.5 Å². The van der Waals surface area contributed by atoms with Crippen LogP contribution in [0.15, 0.2) is 6.33 Å². The molecule has 1 aromatic rings. The second-order valence-corrected chi connectivity index (χ2v) is 3.84. The quantitative estimate of drug-likeness (QED) is 0.770. The molecule has 1 fully saturated rings. The average Bonchev–Trinajstić information content (AvgIpc) is 2.99. The standard InChI is InChI=1S/C10H15N3O/c1-7-8(10(5-11)3-4-10)12-6-13-9(7)14-2/h6H,3-5,11H2,1-2H3. The van der Waals surface area contributed by atoms with Gasteiger partial charge in [-0.1, -0.05) is 0 Å². The van der Waals surface area contributed by atoms with Crippen molar-refractivity contribution in [2.45, 2.75) is 25.2 Å². The fourth-order valence-corrected chi connectivity index (χ4v) is 1.86. The minimum absolute atomic E-state index is 0.111. The monoisotopic (exact) mass is 193 g/mol. The van der Waals surface area contributed by atoms with E-state index in [1.165, 1.54) is 0 Å². The molecule has 1 aliphatic carbocycles. The van der Waals surface area contributed by atoms with E-state index in [2.05, 4.69) is 9.97 Å². The van der Waals surface area contributed by atoms with Gasteiger partial charge in [-0.3, -0.25) is 0 Å². The third-order valence-electron chi connectivity index (χ3n) is 2.98. The van der Waals surface area contributed by atoms with Gasteiger partial charge in [-0.2, -0.15) is 0 Å². The molecule has 0 saturated heterocycles. The number of hydrogen-bond acceptors (Lipinski definition) is 4. The predicted molar refractivity (Wildman–Crippen MR) is 53.3 cm³/mol. The lowest BCUT2D eigenvalue weighted by Gasteiger charge is -2.15. The Balaban J connectivity index is 2.43. The topological polar surface area (TPSA) is 61.0 Å². The van der Waals surface area contributed by atoms with Crippen molar-refractivity contribution in [3.05, 3.63) is 17.6 Å². The van der Waals surface area contributed by atoms with Crippen LogP contribution in [0.1, 0.15) is 24.1 Å². The highest BCUT2D eigenvalue weighted by atomic mass is 16.5. The number of rotatable bonds is 3. The van der Waals surface area contributed by atoms with E-state index in [1.54, 1.807) is 13.4 Å². The van der Waals surface area contributed by atoms with E-state index in [9.17, 15) is 0 Å². The molecule has 2 rings (SSSR count). The van der Waals surface area contributed by atoms with E-state index in [1.807, 2.05) is 6.92 Å². The second kappa shape index (κ2) is 3.20. The molecule has 0 aliphatic heterocycles. The maximum absolute atomic E-state index is 5.76. The summed E-state index contributed by atoms with van der Waals surface area (Å²) in [6.45, 7) is 2.65. The highest BCUT2D eigenvalue weighted by molar-refractivity contribution is 5.37. The largest absolute Gasteiger partial charge is 0.481 e. The minimum Gasteiger partial charge on any atom is -0.481 e. The number of hydrogen-bond donors (Lipinski definition) is 1. The smallest absolute Gasteiger partial charge is 0.219 e. The van der Waals surface area contributed by atoms with Crippen molar-refractivity contribution in [1.29, 1.82) is 0 Å². The number of nitrogens with two attached hydrogens (primary N) is 1. The van der Waals surface area contributed by atoms with Crippen molar-refractivity contribution < 1.29 is 4.74 Å². The molecule has 0 unspecified atom stereocenters. The highest BCUT2D eigenvalue weighted by Gasteiger charge is 2.45. The highest BCUT2D eigenvalue weighted by Crippen LogP contribution is 2.48. The molecule has 1 saturated carbocycles. The van der Waals surface area contributed by atoms with Crippen LogP contribution in [-0.4, -0.2) is 23.6 Å². The fraction of sp³-hybridized carbons (Fsp3) is 0.600. The molecule has 0 aromatic carbocycles. The Labute approximate surface area is 83.5 Å². The van der Waals surface area contributed by atoms with Gasteiger partial charge in [0.15, 0.2) is 0 Å². The molecule has 0 atom stereocenters. The summed E-state index contributed by atoms with van der Waals surface area (Å²) < 4.78 is 5.16. The zero-order valence-corrected chi connectivity index (χ0v) is 8.58. The molecule has 1 aliphatic rings. The zero-order valence-electron chi connectivity index (χ0n) is 8.58. The Hall–Kier alpha value is -1.16. The lowest BCUT2D eigenvalue weighted by Crippen LogP contribution is -2.22. The van der Waals surface area contributed by atoms with Gasteiger partial charge in [-0.25, -0.2) is 9.97 Å². The maximum Gasteiger partial charge on any atom is 0.219 e. The lowest BCUT2D eigenvalue weighted by atomic mass is 9.99. The van der Waals surface area contributed by atoms with Crippen molar-refractivity contribution in [3.8, 4) is 5.88 Å². The maximum atomic E-state index is 5.76. The Morgan fingerprint density at radius 1 is 1.50 bits per heavy atom. The lowest BCUT2D eigenvalue weighted by molar-refractivity contribution is 0.391.